The Balaban J connectivity index is 1.83. The number of pyridine rings is 1. The zero-order chi connectivity index (χ0) is 17.8. The van der Waals surface area contributed by atoms with Crippen LogP contribution in [0.2, 0.25) is 0 Å². The average molecular weight is 340 g/mol. The van der Waals surface area contributed by atoms with E-state index in [1.54, 1.807) is 13.0 Å². The molecule has 1 unspecified atom stereocenters. The molecule has 130 valence electrons. The van der Waals surface area contributed by atoms with Gasteiger partial charge in [-0.1, -0.05) is 30.3 Å². The van der Waals surface area contributed by atoms with E-state index in [1.165, 1.54) is 6.20 Å². The van der Waals surface area contributed by atoms with Crippen molar-refractivity contribution in [3.63, 3.8) is 0 Å². The summed E-state index contributed by atoms with van der Waals surface area (Å²) >= 11 is 0. The van der Waals surface area contributed by atoms with Crippen LogP contribution in [0.1, 0.15) is 30.0 Å². The van der Waals surface area contributed by atoms with Crippen LogP contribution in [-0.2, 0) is 4.79 Å². The van der Waals surface area contributed by atoms with E-state index in [0.29, 0.717) is 24.3 Å². The Hall–Kier alpha value is -2.96. The number of rotatable bonds is 6. The van der Waals surface area contributed by atoms with E-state index in [-0.39, 0.29) is 17.6 Å². The molecule has 0 bridgehead atoms. The molecule has 0 radical (unpaired) electrons. The van der Waals surface area contributed by atoms with Gasteiger partial charge in [-0.3, -0.25) is 14.9 Å². The highest BCUT2D eigenvalue weighted by Gasteiger charge is 2.24. The van der Waals surface area contributed by atoms with Crippen LogP contribution in [0.4, 0.5) is 11.5 Å². The first kappa shape index (κ1) is 16.9. The van der Waals surface area contributed by atoms with Gasteiger partial charge in [-0.25, -0.2) is 4.98 Å². The van der Waals surface area contributed by atoms with E-state index in [1.807, 2.05) is 35.2 Å². The number of nitrogens with zero attached hydrogens (tertiary/aromatic N) is 3. The largest absolute Gasteiger partial charge is 0.361 e. The van der Waals surface area contributed by atoms with Gasteiger partial charge in [0.2, 0.25) is 5.91 Å². The highest BCUT2D eigenvalue weighted by Crippen LogP contribution is 2.25. The number of aryl methyl sites for hydroxylation is 1. The minimum absolute atomic E-state index is 0.00321. The normalized spacial score (nSPS) is 15.2. The zero-order valence-electron chi connectivity index (χ0n) is 14.0. The van der Waals surface area contributed by atoms with Crippen molar-refractivity contribution in [3.8, 4) is 0 Å². The lowest BCUT2D eigenvalue weighted by atomic mass is 10.1. The summed E-state index contributed by atoms with van der Waals surface area (Å²) in [5.41, 5.74) is 1.59. The SMILES string of the molecule is Cc1cc(NC(CN2CCCC2=O)c2ccccc2)ncc1[N+](=O)[O-]. The summed E-state index contributed by atoms with van der Waals surface area (Å²) in [7, 11) is 0. The number of benzene rings is 1. The summed E-state index contributed by atoms with van der Waals surface area (Å²) in [5.74, 6) is 0.721. The fraction of sp³-hybridized carbons (Fsp3) is 0.333. The molecule has 7 nitrogen and oxygen atoms in total. The van der Waals surface area contributed by atoms with Crippen LogP contribution >= 0.6 is 0 Å². The van der Waals surface area contributed by atoms with Crippen molar-refractivity contribution in [1.29, 1.82) is 0 Å². The van der Waals surface area contributed by atoms with Crippen molar-refractivity contribution in [3.05, 3.63) is 63.8 Å². The van der Waals surface area contributed by atoms with Crippen molar-refractivity contribution in [1.82, 2.24) is 9.88 Å². The Bertz CT molecular complexity index is 779. The van der Waals surface area contributed by atoms with Crippen LogP contribution in [0.15, 0.2) is 42.6 Å². The van der Waals surface area contributed by atoms with Gasteiger partial charge in [0, 0.05) is 25.1 Å². The van der Waals surface area contributed by atoms with Gasteiger partial charge in [0.25, 0.3) is 5.69 Å². The first-order valence-electron chi connectivity index (χ1n) is 8.25. The number of carbonyl (C=O) groups excluding carboxylic acids is 1. The Morgan fingerprint density at radius 2 is 2.12 bits per heavy atom. The number of aromatic nitrogens is 1. The van der Waals surface area contributed by atoms with Crippen LogP contribution < -0.4 is 5.32 Å². The van der Waals surface area contributed by atoms with E-state index < -0.39 is 4.92 Å². The minimum atomic E-state index is -0.441. The minimum Gasteiger partial charge on any atom is -0.361 e. The highest BCUT2D eigenvalue weighted by molar-refractivity contribution is 5.78. The first-order valence-corrected chi connectivity index (χ1v) is 8.25. The van der Waals surface area contributed by atoms with E-state index >= 15 is 0 Å². The number of carbonyl (C=O) groups is 1. The summed E-state index contributed by atoms with van der Waals surface area (Å²) in [6, 6.07) is 11.4. The molecule has 1 N–H and O–H groups in total. The third-order valence-electron chi connectivity index (χ3n) is 4.38. The van der Waals surface area contributed by atoms with Crippen LogP contribution in [-0.4, -0.2) is 33.8 Å². The Labute approximate surface area is 145 Å². The van der Waals surface area contributed by atoms with Crippen LogP contribution in [0.5, 0.6) is 0 Å². The maximum absolute atomic E-state index is 12.0. The molecule has 1 aromatic heterocycles. The smallest absolute Gasteiger partial charge is 0.290 e. The maximum Gasteiger partial charge on any atom is 0.290 e. The molecule has 1 atom stereocenters. The summed E-state index contributed by atoms with van der Waals surface area (Å²) in [6.07, 6.45) is 2.74. The molecule has 7 heteroatoms. The van der Waals surface area contributed by atoms with Crippen LogP contribution in [0, 0.1) is 17.0 Å². The molecule has 1 aromatic carbocycles. The van der Waals surface area contributed by atoms with Gasteiger partial charge in [0.15, 0.2) is 0 Å². The summed E-state index contributed by atoms with van der Waals surface area (Å²) in [4.78, 5) is 28.5. The lowest BCUT2D eigenvalue weighted by molar-refractivity contribution is -0.385. The quantitative estimate of drug-likeness (QED) is 0.645. The van der Waals surface area contributed by atoms with Crippen molar-refractivity contribution in [2.24, 2.45) is 0 Å². The molecule has 1 aliphatic heterocycles. The third-order valence-corrected chi connectivity index (χ3v) is 4.38. The summed E-state index contributed by atoms with van der Waals surface area (Å²) in [5, 5.41) is 14.3. The van der Waals surface area contributed by atoms with Gasteiger partial charge in [0.1, 0.15) is 12.0 Å². The second kappa shape index (κ2) is 7.29. The number of anilines is 1. The highest BCUT2D eigenvalue weighted by atomic mass is 16.6. The topological polar surface area (TPSA) is 88.4 Å². The predicted molar refractivity (Wildman–Crippen MR) is 94.2 cm³/mol. The number of likely N-dealkylation sites (tertiary alicyclic amines) is 1. The zero-order valence-corrected chi connectivity index (χ0v) is 14.0. The average Bonchev–Trinajstić information content (AvgIpc) is 3.00. The molecule has 0 saturated carbocycles. The Morgan fingerprint density at radius 1 is 1.36 bits per heavy atom. The van der Waals surface area contributed by atoms with E-state index in [9.17, 15) is 14.9 Å². The van der Waals surface area contributed by atoms with Crippen LogP contribution in [0.3, 0.4) is 0 Å². The second-order valence-corrected chi connectivity index (χ2v) is 6.16. The molecule has 0 spiro atoms. The van der Waals surface area contributed by atoms with Crippen molar-refractivity contribution in [2.45, 2.75) is 25.8 Å². The molecule has 3 rings (SSSR count). The molecular weight excluding hydrogens is 320 g/mol. The fourth-order valence-electron chi connectivity index (χ4n) is 3.03. The lowest BCUT2D eigenvalue weighted by Gasteiger charge is -2.25. The predicted octanol–water partition coefficient (Wildman–Crippen LogP) is 3.07. The van der Waals surface area contributed by atoms with E-state index in [0.717, 1.165) is 18.5 Å². The third kappa shape index (κ3) is 3.93. The monoisotopic (exact) mass is 340 g/mol. The van der Waals surface area contributed by atoms with Gasteiger partial charge in [-0.05, 0) is 25.0 Å². The summed E-state index contributed by atoms with van der Waals surface area (Å²) < 4.78 is 0. The number of hydrogen-bond acceptors (Lipinski definition) is 5. The lowest BCUT2D eigenvalue weighted by Crippen LogP contribution is -2.32. The second-order valence-electron chi connectivity index (χ2n) is 6.16. The number of nitrogens with one attached hydrogen (secondary N) is 1. The van der Waals surface area contributed by atoms with Crippen molar-refractivity contribution in [2.75, 3.05) is 18.4 Å². The molecule has 1 amide bonds. The molecule has 1 saturated heterocycles. The summed E-state index contributed by atoms with van der Waals surface area (Å²) in [6.45, 7) is 2.99. The molecule has 2 heterocycles. The van der Waals surface area contributed by atoms with Crippen LogP contribution in [0.25, 0.3) is 0 Å². The molecule has 2 aromatic rings. The van der Waals surface area contributed by atoms with E-state index in [4.69, 9.17) is 0 Å². The van der Waals surface area contributed by atoms with Crippen molar-refractivity contribution >= 4 is 17.4 Å². The Morgan fingerprint density at radius 3 is 2.72 bits per heavy atom. The van der Waals surface area contributed by atoms with Gasteiger partial charge in [-0.2, -0.15) is 0 Å². The maximum atomic E-state index is 12.0. The molecule has 1 fully saturated rings. The van der Waals surface area contributed by atoms with Gasteiger partial charge in [-0.15, -0.1) is 0 Å². The van der Waals surface area contributed by atoms with Gasteiger partial charge < -0.3 is 10.2 Å². The number of amides is 1. The first-order chi connectivity index (χ1) is 12.0. The number of nitro groups is 1. The molecular formula is C18H20N4O3. The van der Waals surface area contributed by atoms with E-state index in [2.05, 4.69) is 10.3 Å². The molecule has 0 aliphatic carbocycles. The molecule has 25 heavy (non-hydrogen) atoms. The fourth-order valence-corrected chi connectivity index (χ4v) is 3.03. The standard InChI is InChI=1S/C18H20N4O3/c1-13-10-17(19-11-16(13)22(24)25)20-15(14-6-3-2-4-7-14)12-21-9-5-8-18(21)23/h2-4,6-7,10-11,15H,5,8-9,12H2,1H3,(H,19,20). The Kier molecular flexibility index (Phi) is 4.92. The van der Waals surface area contributed by atoms with Gasteiger partial charge >= 0.3 is 0 Å². The van der Waals surface area contributed by atoms with Crippen molar-refractivity contribution < 1.29 is 9.72 Å². The number of hydrogen-bond donors (Lipinski definition) is 1. The molecule has 1 aliphatic rings. The van der Waals surface area contributed by atoms with Gasteiger partial charge in [0.05, 0.1) is 11.0 Å².